The van der Waals surface area contributed by atoms with Gasteiger partial charge in [0.2, 0.25) is 0 Å². The van der Waals surface area contributed by atoms with E-state index in [0.717, 1.165) is 12.5 Å². The Morgan fingerprint density at radius 3 is 2.88 bits per heavy atom. The Bertz CT molecular complexity index is 331. The molecule has 1 saturated carbocycles. The van der Waals surface area contributed by atoms with Crippen molar-refractivity contribution in [1.82, 2.24) is 10.3 Å². The number of aryl methyl sites for hydroxylation is 1. The molecule has 0 aromatic carbocycles. The van der Waals surface area contributed by atoms with E-state index >= 15 is 0 Å². The standard InChI is InChI=1S/C14H22N2/c1-3-16-14(9-12-5-4-6-12)13-10-15-8-7-11(13)2/h7-8,10,12,14,16H,3-6,9H2,1-2H3. The highest BCUT2D eigenvalue weighted by molar-refractivity contribution is 5.25. The first kappa shape index (κ1) is 11.6. The fourth-order valence-electron chi connectivity index (χ4n) is 2.47. The molecule has 1 aliphatic carbocycles. The van der Waals surface area contributed by atoms with Gasteiger partial charge in [-0.05, 0) is 43.0 Å². The molecule has 1 atom stereocenters. The molecule has 0 amide bonds. The van der Waals surface area contributed by atoms with Gasteiger partial charge in [-0.2, -0.15) is 0 Å². The van der Waals surface area contributed by atoms with E-state index in [1.165, 1.54) is 36.8 Å². The summed E-state index contributed by atoms with van der Waals surface area (Å²) in [6, 6.07) is 2.62. The van der Waals surface area contributed by atoms with E-state index in [0.29, 0.717) is 6.04 Å². The maximum atomic E-state index is 4.26. The van der Waals surface area contributed by atoms with Crippen LogP contribution in [-0.4, -0.2) is 11.5 Å². The highest BCUT2D eigenvalue weighted by Crippen LogP contribution is 2.35. The molecule has 16 heavy (non-hydrogen) atoms. The van der Waals surface area contributed by atoms with Gasteiger partial charge in [0, 0.05) is 18.4 Å². The van der Waals surface area contributed by atoms with Crippen LogP contribution in [0.25, 0.3) is 0 Å². The molecule has 0 saturated heterocycles. The summed E-state index contributed by atoms with van der Waals surface area (Å²) in [6.45, 7) is 5.40. The summed E-state index contributed by atoms with van der Waals surface area (Å²) >= 11 is 0. The third kappa shape index (κ3) is 2.62. The summed E-state index contributed by atoms with van der Waals surface area (Å²) in [5, 5.41) is 3.60. The van der Waals surface area contributed by atoms with E-state index in [9.17, 15) is 0 Å². The van der Waals surface area contributed by atoms with E-state index in [1.54, 1.807) is 0 Å². The molecule has 1 aromatic heterocycles. The van der Waals surface area contributed by atoms with Crippen LogP contribution in [0, 0.1) is 12.8 Å². The fraction of sp³-hybridized carbons (Fsp3) is 0.643. The highest BCUT2D eigenvalue weighted by atomic mass is 14.9. The average Bonchev–Trinajstić information content (AvgIpc) is 2.23. The minimum absolute atomic E-state index is 0.504. The van der Waals surface area contributed by atoms with Gasteiger partial charge in [-0.15, -0.1) is 0 Å². The Balaban J connectivity index is 2.08. The van der Waals surface area contributed by atoms with E-state index in [1.807, 2.05) is 12.4 Å². The van der Waals surface area contributed by atoms with Crippen molar-refractivity contribution in [3.63, 3.8) is 0 Å². The fourth-order valence-corrected chi connectivity index (χ4v) is 2.47. The van der Waals surface area contributed by atoms with Gasteiger partial charge in [-0.25, -0.2) is 0 Å². The molecule has 1 N–H and O–H groups in total. The third-order valence-corrected chi connectivity index (χ3v) is 3.70. The predicted molar refractivity (Wildman–Crippen MR) is 67.3 cm³/mol. The van der Waals surface area contributed by atoms with Crippen LogP contribution in [0.5, 0.6) is 0 Å². The number of aromatic nitrogens is 1. The number of nitrogens with zero attached hydrogens (tertiary/aromatic N) is 1. The Morgan fingerprint density at radius 1 is 1.50 bits per heavy atom. The smallest absolute Gasteiger partial charge is 0.0340 e. The van der Waals surface area contributed by atoms with Crippen molar-refractivity contribution in [3.05, 3.63) is 29.6 Å². The molecule has 1 heterocycles. The van der Waals surface area contributed by atoms with Crippen molar-refractivity contribution >= 4 is 0 Å². The van der Waals surface area contributed by atoms with Gasteiger partial charge < -0.3 is 5.32 Å². The van der Waals surface area contributed by atoms with E-state index in [-0.39, 0.29) is 0 Å². The Kier molecular flexibility index (Phi) is 3.94. The Labute approximate surface area is 98.5 Å². The zero-order valence-corrected chi connectivity index (χ0v) is 10.4. The molecule has 1 unspecified atom stereocenters. The van der Waals surface area contributed by atoms with Crippen molar-refractivity contribution in [3.8, 4) is 0 Å². The molecule has 88 valence electrons. The summed E-state index contributed by atoms with van der Waals surface area (Å²) in [6.07, 6.45) is 9.45. The van der Waals surface area contributed by atoms with Gasteiger partial charge >= 0.3 is 0 Å². The molecule has 2 heteroatoms. The lowest BCUT2D eigenvalue weighted by Gasteiger charge is -2.30. The zero-order valence-electron chi connectivity index (χ0n) is 10.4. The average molecular weight is 218 g/mol. The van der Waals surface area contributed by atoms with Gasteiger partial charge in [0.15, 0.2) is 0 Å². The lowest BCUT2D eigenvalue weighted by atomic mass is 9.79. The van der Waals surface area contributed by atoms with Gasteiger partial charge in [-0.1, -0.05) is 26.2 Å². The minimum atomic E-state index is 0.504. The van der Waals surface area contributed by atoms with Crippen LogP contribution in [0.1, 0.15) is 49.8 Å². The normalized spacial score (nSPS) is 18.1. The topological polar surface area (TPSA) is 24.9 Å². The largest absolute Gasteiger partial charge is 0.310 e. The molecule has 0 aliphatic heterocycles. The maximum Gasteiger partial charge on any atom is 0.0340 e. The molecule has 0 spiro atoms. The minimum Gasteiger partial charge on any atom is -0.310 e. The zero-order chi connectivity index (χ0) is 11.4. The number of nitrogens with one attached hydrogen (secondary N) is 1. The van der Waals surface area contributed by atoms with Crippen LogP contribution in [0.3, 0.4) is 0 Å². The van der Waals surface area contributed by atoms with Gasteiger partial charge in [0.1, 0.15) is 0 Å². The molecule has 1 fully saturated rings. The highest BCUT2D eigenvalue weighted by Gasteiger charge is 2.23. The molecule has 1 aromatic rings. The summed E-state index contributed by atoms with van der Waals surface area (Å²) < 4.78 is 0. The summed E-state index contributed by atoms with van der Waals surface area (Å²) in [5.41, 5.74) is 2.75. The van der Waals surface area contributed by atoms with Crippen LogP contribution < -0.4 is 5.32 Å². The van der Waals surface area contributed by atoms with E-state index < -0.39 is 0 Å². The van der Waals surface area contributed by atoms with Gasteiger partial charge in [0.05, 0.1) is 0 Å². The number of pyridine rings is 1. The van der Waals surface area contributed by atoms with Crippen molar-refractivity contribution in [2.75, 3.05) is 6.54 Å². The molecule has 0 bridgehead atoms. The van der Waals surface area contributed by atoms with E-state index in [2.05, 4.69) is 30.2 Å². The van der Waals surface area contributed by atoms with Crippen LogP contribution in [0.4, 0.5) is 0 Å². The Hall–Kier alpha value is -0.890. The van der Waals surface area contributed by atoms with Crippen molar-refractivity contribution in [2.24, 2.45) is 5.92 Å². The number of hydrogen-bond acceptors (Lipinski definition) is 2. The SMILES string of the molecule is CCNC(CC1CCC1)c1cnccc1C. The summed E-state index contributed by atoms with van der Waals surface area (Å²) in [7, 11) is 0. The van der Waals surface area contributed by atoms with Crippen LogP contribution in [0.2, 0.25) is 0 Å². The summed E-state index contributed by atoms with van der Waals surface area (Å²) in [5.74, 6) is 0.934. The van der Waals surface area contributed by atoms with E-state index in [4.69, 9.17) is 0 Å². The maximum absolute atomic E-state index is 4.26. The van der Waals surface area contributed by atoms with Gasteiger partial charge in [-0.3, -0.25) is 4.98 Å². The van der Waals surface area contributed by atoms with Crippen LogP contribution in [0.15, 0.2) is 18.5 Å². The second-order valence-electron chi connectivity index (χ2n) is 4.88. The van der Waals surface area contributed by atoms with Crippen LogP contribution in [-0.2, 0) is 0 Å². The second-order valence-corrected chi connectivity index (χ2v) is 4.88. The van der Waals surface area contributed by atoms with Crippen LogP contribution >= 0.6 is 0 Å². The first-order valence-corrected chi connectivity index (χ1v) is 6.45. The molecule has 2 rings (SSSR count). The van der Waals surface area contributed by atoms with Crippen molar-refractivity contribution in [1.29, 1.82) is 0 Å². The second kappa shape index (κ2) is 5.44. The van der Waals surface area contributed by atoms with Gasteiger partial charge in [0.25, 0.3) is 0 Å². The molecular formula is C14H22N2. The Morgan fingerprint density at radius 2 is 2.31 bits per heavy atom. The molecule has 1 aliphatic rings. The lowest BCUT2D eigenvalue weighted by Crippen LogP contribution is -2.26. The molecule has 0 radical (unpaired) electrons. The monoisotopic (exact) mass is 218 g/mol. The number of hydrogen-bond donors (Lipinski definition) is 1. The van der Waals surface area contributed by atoms with Crippen molar-refractivity contribution < 1.29 is 0 Å². The lowest BCUT2D eigenvalue weighted by molar-refractivity contribution is 0.262. The summed E-state index contributed by atoms with van der Waals surface area (Å²) in [4.78, 5) is 4.26. The number of rotatable bonds is 5. The molecular weight excluding hydrogens is 196 g/mol. The predicted octanol–water partition coefficient (Wildman–Crippen LogP) is 3.23. The quantitative estimate of drug-likeness (QED) is 0.820. The first-order valence-electron chi connectivity index (χ1n) is 6.45. The first-order chi connectivity index (χ1) is 7.81. The third-order valence-electron chi connectivity index (χ3n) is 3.70. The molecule has 2 nitrogen and oxygen atoms in total. The van der Waals surface area contributed by atoms with Crippen molar-refractivity contribution in [2.45, 2.75) is 45.6 Å².